The number of fused-ring (bicyclic) bond motifs is 1. The maximum atomic E-state index is 12.4. The van der Waals surface area contributed by atoms with Crippen molar-refractivity contribution in [3.05, 3.63) is 68.1 Å². The number of para-hydroxylation sites is 1. The molecule has 14 heteroatoms. The molecule has 0 aliphatic carbocycles. The van der Waals surface area contributed by atoms with Gasteiger partial charge in [-0.1, -0.05) is 23.7 Å². The number of anilines is 1. The minimum absolute atomic E-state index is 0.106. The van der Waals surface area contributed by atoms with Crippen LogP contribution in [-0.4, -0.2) is 50.8 Å². The number of nitrogens with zero attached hydrogens (tertiary/aromatic N) is 2. The summed E-state index contributed by atoms with van der Waals surface area (Å²) in [5.41, 5.74) is 0.653. The fourth-order valence-electron chi connectivity index (χ4n) is 3.36. The zero-order valence-corrected chi connectivity index (χ0v) is 18.6. The van der Waals surface area contributed by atoms with Gasteiger partial charge in [-0.15, -0.1) is 0 Å². The van der Waals surface area contributed by atoms with Gasteiger partial charge < -0.3 is 15.7 Å². The summed E-state index contributed by atoms with van der Waals surface area (Å²) in [5.74, 6) is -2.98. The number of H-pyrrole nitrogens is 1. The van der Waals surface area contributed by atoms with Gasteiger partial charge in [0.25, 0.3) is 5.56 Å². The first-order valence-corrected chi connectivity index (χ1v) is 10.5. The number of halogens is 4. The number of hydrogen-bond donors (Lipinski definition) is 4. The molecule has 4 N–H and O–H groups in total. The van der Waals surface area contributed by atoms with Crippen molar-refractivity contribution in [3.63, 3.8) is 0 Å². The van der Waals surface area contributed by atoms with Crippen LogP contribution < -0.4 is 21.9 Å². The minimum Gasteiger partial charge on any atom is -0.475 e. The van der Waals surface area contributed by atoms with Crippen LogP contribution in [0, 0.1) is 5.92 Å². The molecule has 3 aromatic rings. The topological polar surface area (TPSA) is 146 Å². The average molecular weight is 514 g/mol. The minimum atomic E-state index is -5.08. The number of carbonyl (C=O) groups is 2. The van der Waals surface area contributed by atoms with Crippen LogP contribution in [0.25, 0.3) is 10.9 Å². The summed E-state index contributed by atoms with van der Waals surface area (Å²) >= 11 is 6.14. The van der Waals surface area contributed by atoms with Crippen molar-refractivity contribution < 1.29 is 27.9 Å². The molecule has 10 nitrogen and oxygen atoms in total. The molecule has 1 aliphatic rings. The number of alkyl halides is 3. The number of rotatable bonds is 4. The number of carboxylic acid groups (broad SMARTS) is 1. The predicted molar refractivity (Wildman–Crippen MR) is 120 cm³/mol. The van der Waals surface area contributed by atoms with Gasteiger partial charge in [-0.25, -0.2) is 14.6 Å². The summed E-state index contributed by atoms with van der Waals surface area (Å²) in [6, 6.07) is 8.57. The van der Waals surface area contributed by atoms with Crippen molar-refractivity contribution in [1.29, 1.82) is 0 Å². The van der Waals surface area contributed by atoms with Gasteiger partial charge >= 0.3 is 17.8 Å². The van der Waals surface area contributed by atoms with Crippen molar-refractivity contribution in [2.24, 2.45) is 5.92 Å². The van der Waals surface area contributed by atoms with Gasteiger partial charge in [0.15, 0.2) is 5.15 Å². The van der Waals surface area contributed by atoms with Gasteiger partial charge in [-0.05, 0) is 36.7 Å². The summed E-state index contributed by atoms with van der Waals surface area (Å²) in [6.45, 7) is 1.62. The molecular formula is C21H19ClF3N5O5. The molecule has 4 rings (SSSR count). The Bertz CT molecular complexity index is 1370. The molecule has 3 heterocycles. The van der Waals surface area contributed by atoms with Gasteiger partial charge in [0.05, 0.1) is 29.1 Å². The second-order valence-corrected chi connectivity index (χ2v) is 7.88. The molecule has 0 bridgehead atoms. The Balaban J connectivity index is 0.000000429. The number of carbonyl (C=O) groups excluding carboxylic acids is 1. The van der Waals surface area contributed by atoms with Crippen LogP contribution in [-0.2, 0) is 16.1 Å². The van der Waals surface area contributed by atoms with Crippen LogP contribution in [0.1, 0.15) is 12.0 Å². The second-order valence-electron chi connectivity index (χ2n) is 7.53. The Labute approximate surface area is 199 Å². The highest BCUT2D eigenvalue weighted by Gasteiger charge is 2.38. The van der Waals surface area contributed by atoms with Gasteiger partial charge in [-0.2, -0.15) is 13.2 Å². The monoisotopic (exact) mass is 513 g/mol. The van der Waals surface area contributed by atoms with Crippen molar-refractivity contribution in [2.45, 2.75) is 19.1 Å². The highest BCUT2D eigenvalue weighted by Crippen LogP contribution is 2.22. The molecule has 1 aliphatic heterocycles. The van der Waals surface area contributed by atoms with Crippen LogP contribution in [0.3, 0.4) is 0 Å². The fourth-order valence-corrected chi connectivity index (χ4v) is 3.51. The van der Waals surface area contributed by atoms with E-state index in [0.29, 0.717) is 28.7 Å². The molecule has 0 saturated carbocycles. The number of aromatic nitrogens is 3. The molecule has 0 spiro atoms. The van der Waals surface area contributed by atoms with Gasteiger partial charge in [-0.3, -0.25) is 19.1 Å². The van der Waals surface area contributed by atoms with Gasteiger partial charge in [0.2, 0.25) is 5.91 Å². The first-order valence-electron chi connectivity index (χ1n) is 10.2. The Kier molecular flexibility index (Phi) is 7.92. The first-order chi connectivity index (χ1) is 16.5. The highest BCUT2D eigenvalue weighted by atomic mass is 35.5. The van der Waals surface area contributed by atoms with E-state index in [9.17, 15) is 27.6 Å². The van der Waals surface area contributed by atoms with E-state index in [1.54, 1.807) is 36.5 Å². The maximum Gasteiger partial charge on any atom is 0.490 e. The molecule has 2 aromatic heterocycles. The number of amides is 1. The van der Waals surface area contributed by atoms with Gasteiger partial charge in [0.1, 0.15) is 0 Å². The van der Waals surface area contributed by atoms with Crippen LogP contribution in [0.5, 0.6) is 0 Å². The lowest BCUT2D eigenvalue weighted by molar-refractivity contribution is -0.192. The van der Waals surface area contributed by atoms with E-state index in [1.165, 1.54) is 4.57 Å². The molecular weight excluding hydrogens is 495 g/mol. The van der Waals surface area contributed by atoms with E-state index in [2.05, 4.69) is 20.6 Å². The highest BCUT2D eigenvalue weighted by molar-refractivity contribution is 6.32. The Hall–Kier alpha value is -3.71. The zero-order chi connectivity index (χ0) is 25.8. The van der Waals surface area contributed by atoms with Gasteiger partial charge in [0, 0.05) is 12.7 Å². The third-order valence-electron chi connectivity index (χ3n) is 5.07. The lowest BCUT2D eigenvalue weighted by Gasteiger charge is -2.13. The van der Waals surface area contributed by atoms with E-state index >= 15 is 0 Å². The average Bonchev–Trinajstić information content (AvgIpc) is 3.34. The molecule has 1 amide bonds. The summed E-state index contributed by atoms with van der Waals surface area (Å²) in [5, 5.41) is 13.7. The Morgan fingerprint density at radius 2 is 1.94 bits per heavy atom. The lowest BCUT2D eigenvalue weighted by atomic mass is 10.1. The molecule has 1 aromatic carbocycles. The summed E-state index contributed by atoms with van der Waals surface area (Å²) in [7, 11) is 0. The van der Waals surface area contributed by atoms with Crippen molar-refractivity contribution >= 4 is 40.1 Å². The number of nitrogens with one attached hydrogen (secondary N) is 3. The fraction of sp³-hybridized carbons (Fsp3) is 0.286. The molecule has 1 fully saturated rings. The van der Waals surface area contributed by atoms with Crippen LogP contribution in [0.2, 0.25) is 5.15 Å². The molecule has 35 heavy (non-hydrogen) atoms. The number of carboxylic acids is 1. The SMILES string of the molecule is O=C(Nc1cc(Cn2c(=O)[nH]c(=O)c3ccccc32)cnc1Cl)[C@H]1CCNC1.O=C(O)C(F)(F)F. The van der Waals surface area contributed by atoms with Crippen molar-refractivity contribution in [3.8, 4) is 0 Å². The Morgan fingerprint density at radius 3 is 2.57 bits per heavy atom. The quantitative estimate of drug-likeness (QED) is 0.390. The zero-order valence-electron chi connectivity index (χ0n) is 17.9. The number of pyridine rings is 1. The molecule has 1 saturated heterocycles. The number of aromatic amines is 1. The number of aliphatic carboxylic acids is 1. The smallest absolute Gasteiger partial charge is 0.475 e. The van der Waals surface area contributed by atoms with Crippen LogP contribution >= 0.6 is 11.6 Å². The predicted octanol–water partition coefficient (Wildman–Crippen LogP) is 1.97. The summed E-state index contributed by atoms with van der Waals surface area (Å²) in [4.78, 5) is 52.1. The largest absolute Gasteiger partial charge is 0.490 e. The second kappa shape index (κ2) is 10.7. The molecule has 0 radical (unpaired) electrons. The molecule has 1 atom stereocenters. The first kappa shape index (κ1) is 25.9. The molecule has 0 unspecified atom stereocenters. The standard InChI is InChI=1S/C19H18ClN5O3.C2HF3O2/c20-16-14(23-17(26)12-5-6-21-9-12)7-11(8-22-16)10-25-15-4-2-1-3-13(15)18(27)24-19(25)28;3-2(4,5)1(6)7/h1-4,7-8,12,21H,5-6,9-10H2,(H,23,26)(H,24,27,28);(H,6,7)/t12-;/m0./s1. The van der Waals surface area contributed by atoms with Crippen molar-refractivity contribution in [2.75, 3.05) is 18.4 Å². The normalized spacial score (nSPS) is 15.4. The third-order valence-corrected chi connectivity index (χ3v) is 5.37. The lowest BCUT2D eigenvalue weighted by Crippen LogP contribution is -2.30. The van der Waals surface area contributed by atoms with E-state index in [1.807, 2.05) is 0 Å². The third kappa shape index (κ3) is 6.45. The summed E-state index contributed by atoms with van der Waals surface area (Å²) < 4.78 is 33.2. The van der Waals surface area contributed by atoms with E-state index in [4.69, 9.17) is 21.5 Å². The number of hydrogen-bond acceptors (Lipinski definition) is 6. The van der Waals surface area contributed by atoms with Crippen LogP contribution in [0.15, 0.2) is 46.1 Å². The molecule has 186 valence electrons. The maximum absolute atomic E-state index is 12.4. The van der Waals surface area contributed by atoms with E-state index in [0.717, 1.165) is 13.0 Å². The van der Waals surface area contributed by atoms with E-state index < -0.39 is 23.4 Å². The number of benzene rings is 1. The summed E-state index contributed by atoms with van der Waals surface area (Å²) in [6.07, 6.45) is -2.77. The van der Waals surface area contributed by atoms with E-state index in [-0.39, 0.29) is 23.5 Å². The van der Waals surface area contributed by atoms with Crippen LogP contribution in [0.4, 0.5) is 18.9 Å². The van der Waals surface area contributed by atoms with Crippen molar-refractivity contribution in [1.82, 2.24) is 19.9 Å². The Morgan fingerprint density at radius 1 is 1.26 bits per heavy atom.